The molecule has 6 heteroatoms. The number of rotatable bonds is 4. The molecule has 1 rings (SSSR count). The summed E-state index contributed by atoms with van der Waals surface area (Å²) >= 11 is 4.44. The second kappa shape index (κ2) is 5.36. The molecule has 0 N–H and O–H groups in total. The molecule has 1 heterocycles. The third-order valence-corrected chi connectivity index (χ3v) is 3.63. The van der Waals surface area contributed by atoms with E-state index in [1.165, 1.54) is 18.3 Å². The van der Waals surface area contributed by atoms with Gasteiger partial charge in [-0.1, -0.05) is 0 Å². The standard InChI is InChI=1S/C10H9BrO4S/c1-5(9(13)10(14)15-2)8(12)6-3-4-7(11)16-6/h3-5H,1-2H3. The number of hydrogen-bond donors (Lipinski definition) is 0. The second-order valence-electron chi connectivity index (χ2n) is 3.05. The van der Waals surface area contributed by atoms with E-state index in [0.717, 1.165) is 10.9 Å². The van der Waals surface area contributed by atoms with E-state index in [2.05, 4.69) is 20.7 Å². The molecule has 0 aliphatic carbocycles. The maximum atomic E-state index is 11.8. The minimum Gasteiger partial charge on any atom is -0.463 e. The summed E-state index contributed by atoms with van der Waals surface area (Å²) in [5.74, 6) is -3.18. The lowest BCUT2D eigenvalue weighted by Crippen LogP contribution is -2.28. The van der Waals surface area contributed by atoms with Gasteiger partial charge in [0.05, 0.1) is 21.7 Å². The van der Waals surface area contributed by atoms with E-state index in [0.29, 0.717) is 4.88 Å². The topological polar surface area (TPSA) is 60.4 Å². The fraction of sp³-hybridized carbons (Fsp3) is 0.300. The number of esters is 1. The van der Waals surface area contributed by atoms with E-state index in [4.69, 9.17) is 0 Å². The Balaban J connectivity index is 2.82. The quantitative estimate of drug-likeness (QED) is 0.370. The van der Waals surface area contributed by atoms with E-state index < -0.39 is 17.7 Å². The van der Waals surface area contributed by atoms with Crippen LogP contribution in [0.3, 0.4) is 0 Å². The number of hydrogen-bond acceptors (Lipinski definition) is 5. The van der Waals surface area contributed by atoms with Gasteiger partial charge in [-0.25, -0.2) is 4.79 Å². The van der Waals surface area contributed by atoms with Crippen molar-refractivity contribution in [2.24, 2.45) is 5.92 Å². The van der Waals surface area contributed by atoms with Crippen LogP contribution in [0.5, 0.6) is 0 Å². The number of carbonyl (C=O) groups excluding carboxylic acids is 3. The average Bonchev–Trinajstić information content (AvgIpc) is 2.71. The van der Waals surface area contributed by atoms with Crippen molar-refractivity contribution in [2.45, 2.75) is 6.92 Å². The Morgan fingerprint density at radius 1 is 1.38 bits per heavy atom. The van der Waals surface area contributed by atoms with Crippen molar-refractivity contribution in [3.63, 3.8) is 0 Å². The van der Waals surface area contributed by atoms with Gasteiger partial charge in [-0.2, -0.15) is 0 Å². The van der Waals surface area contributed by atoms with Gasteiger partial charge in [-0.05, 0) is 35.0 Å². The van der Waals surface area contributed by atoms with Crippen LogP contribution in [0.25, 0.3) is 0 Å². The normalized spacial score (nSPS) is 11.9. The number of ether oxygens (including phenoxy) is 1. The van der Waals surface area contributed by atoms with Crippen molar-refractivity contribution in [2.75, 3.05) is 7.11 Å². The SMILES string of the molecule is COC(=O)C(=O)C(C)C(=O)c1ccc(Br)s1. The maximum Gasteiger partial charge on any atom is 0.375 e. The Bertz CT molecular complexity index is 438. The van der Waals surface area contributed by atoms with Gasteiger partial charge in [0.1, 0.15) is 0 Å². The molecule has 4 nitrogen and oxygen atoms in total. The Morgan fingerprint density at radius 3 is 2.44 bits per heavy atom. The van der Waals surface area contributed by atoms with Crippen LogP contribution in [0.2, 0.25) is 0 Å². The first-order chi connectivity index (χ1) is 7.47. The summed E-state index contributed by atoms with van der Waals surface area (Å²) in [6.45, 7) is 1.40. The zero-order valence-electron chi connectivity index (χ0n) is 8.65. The molecule has 0 aromatic carbocycles. The van der Waals surface area contributed by atoms with Gasteiger partial charge in [-0.3, -0.25) is 9.59 Å². The molecule has 0 amide bonds. The number of methoxy groups -OCH3 is 1. The summed E-state index contributed by atoms with van der Waals surface area (Å²) in [5.41, 5.74) is 0. The lowest BCUT2D eigenvalue weighted by atomic mass is 10.0. The average molecular weight is 305 g/mol. The molecule has 1 aromatic rings. The minimum atomic E-state index is -1.00. The zero-order chi connectivity index (χ0) is 12.3. The molecule has 1 unspecified atom stereocenters. The Kier molecular flexibility index (Phi) is 4.37. The molecule has 1 atom stereocenters. The summed E-state index contributed by atoms with van der Waals surface area (Å²) in [6, 6.07) is 3.32. The second-order valence-corrected chi connectivity index (χ2v) is 5.51. The number of Topliss-reactive ketones (excluding diaryl/α,β-unsaturated/α-hetero) is 2. The molecule has 0 radical (unpaired) electrons. The van der Waals surface area contributed by atoms with Gasteiger partial charge < -0.3 is 4.74 Å². The summed E-state index contributed by atoms with van der Waals surface area (Å²) in [5, 5.41) is 0. The maximum absolute atomic E-state index is 11.8. The van der Waals surface area contributed by atoms with E-state index in [9.17, 15) is 14.4 Å². The highest BCUT2D eigenvalue weighted by Gasteiger charge is 2.29. The molecule has 0 aliphatic heterocycles. The lowest BCUT2D eigenvalue weighted by Gasteiger charge is -2.05. The van der Waals surface area contributed by atoms with Crippen LogP contribution >= 0.6 is 27.3 Å². The Labute approximate surface area is 105 Å². The van der Waals surface area contributed by atoms with Crippen LogP contribution in [0, 0.1) is 5.92 Å². The fourth-order valence-electron chi connectivity index (χ4n) is 1.06. The molecular weight excluding hydrogens is 296 g/mol. The highest BCUT2D eigenvalue weighted by Crippen LogP contribution is 2.24. The number of halogens is 1. The summed E-state index contributed by atoms with van der Waals surface area (Å²) < 4.78 is 5.08. The monoisotopic (exact) mass is 304 g/mol. The number of ketones is 2. The van der Waals surface area contributed by atoms with E-state index >= 15 is 0 Å². The van der Waals surface area contributed by atoms with E-state index in [1.807, 2.05) is 0 Å². The molecule has 0 fully saturated rings. The van der Waals surface area contributed by atoms with Crippen molar-refractivity contribution in [1.82, 2.24) is 0 Å². The summed E-state index contributed by atoms with van der Waals surface area (Å²) in [6.07, 6.45) is 0. The molecule has 0 bridgehead atoms. The number of thiophene rings is 1. The van der Waals surface area contributed by atoms with Crippen LogP contribution in [0.15, 0.2) is 15.9 Å². The van der Waals surface area contributed by atoms with Crippen LogP contribution in [0.1, 0.15) is 16.6 Å². The van der Waals surface area contributed by atoms with Crippen LogP contribution < -0.4 is 0 Å². The molecule has 0 saturated carbocycles. The molecular formula is C10H9BrO4S. The zero-order valence-corrected chi connectivity index (χ0v) is 11.1. The third-order valence-electron chi connectivity index (χ3n) is 1.99. The van der Waals surface area contributed by atoms with E-state index in [-0.39, 0.29) is 5.78 Å². The molecule has 1 aromatic heterocycles. The van der Waals surface area contributed by atoms with Crippen LogP contribution in [-0.2, 0) is 14.3 Å². The van der Waals surface area contributed by atoms with Crippen molar-refractivity contribution in [1.29, 1.82) is 0 Å². The van der Waals surface area contributed by atoms with Crippen molar-refractivity contribution >= 4 is 44.8 Å². The van der Waals surface area contributed by atoms with Crippen LogP contribution in [-0.4, -0.2) is 24.6 Å². The minimum absolute atomic E-state index is 0.369. The van der Waals surface area contributed by atoms with E-state index in [1.54, 1.807) is 12.1 Å². The van der Waals surface area contributed by atoms with Crippen molar-refractivity contribution in [3.05, 3.63) is 20.8 Å². The first-order valence-electron chi connectivity index (χ1n) is 4.39. The highest BCUT2D eigenvalue weighted by atomic mass is 79.9. The molecule has 0 aliphatic rings. The first kappa shape index (κ1) is 13.1. The number of carbonyl (C=O) groups is 3. The predicted molar refractivity (Wildman–Crippen MR) is 62.5 cm³/mol. The van der Waals surface area contributed by atoms with Gasteiger partial charge in [0, 0.05) is 0 Å². The van der Waals surface area contributed by atoms with Gasteiger partial charge >= 0.3 is 5.97 Å². The van der Waals surface area contributed by atoms with Crippen molar-refractivity contribution in [3.8, 4) is 0 Å². The largest absolute Gasteiger partial charge is 0.463 e. The fourth-order valence-corrected chi connectivity index (χ4v) is 2.47. The molecule has 0 saturated heterocycles. The third kappa shape index (κ3) is 2.76. The van der Waals surface area contributed by atoms with Gasteiger partial charge in [0.15, 0.2) is 5.78 Å². The molecule has 0 spiro atoms. The first-order valence-corrected chi connectivity index (χ1v) is 6.00. The summed E-state index contributed by atoms with van der Waals surface area (Å²) in [4.78, 5) is 34.6. The van der Waals surface area contributed by atoms with Crippen molar-refractivity contribution < 1.29 is 19.1 Å². The van der Waals surface area contributed by atoms with Gasteiger partial charge in [0.25, 0.3) is 5.78 Å². The summed E-state index contributed by atoms with van der Waals surface area (Å²) in [7, 11) is 1.11. The predicted octanol–water partition coefficient (Wildman–Crippen LogP) is 2.07. The van der Waals surface area contributed by atoms with Gasteiger partial charge in [0.2, 0.25) is 0 Å². The Hall–Kier alpha value is -1.01. The Morgan fingerprint density at radius 2 is 2.00 bits per heavy atom. The molecule has 16 heavy (non-hydrogen) atoms. The highest BCUT2D eigenvalue weighted by molar-refractivity contribution is 9.11. The van der Waals surface area contributed by atoms with Gasteiger partial charge in [-0.15, -0.1) is 11.3 Å². The van der Waals surface area contributed by atoms with Crippen LogP contribution in [0.4, 0.5) is 0 Å². The smallest absolute Gasteiger partial charge is 0.375 e. The lowest BCUT2D eigenvalue weighted by molar-refractivity contribution is -0.152. The molecule has 86 valence electrons.